The van der Waals surface area contributed by atoms with Crippen LogP contribution in [0.25, 0.3) is 0 Å². The molecule has 0 unspecified atom stereocenters. The van der Waals surface area contributed by atoms with Gasteiger partial charge in [0.15, 0.2) is 0 Å². The Balaban J connectivity index is 1.78. The van der Waals surface area contributed by atoms with E-state index in [1.165, 1.54) is 16.9 Å². The van der Waals surface area contributed by atoms with E-state index in [2.05, 4.69) is 21.2 Å². The molecule has 0 radical (unpaired) electrons. The molecule has 1 amide bonds. The Morgan fingerprint density at radius 1 is 1.32 bits per heavy atom. The number of aryl methyl sites for hydroxylation is 2. The molecule has 0 saturated heterocycles. The zero-order valence-electron chi connectivity index (χ0n) is 10.0. The number of thiophene rings is 1. The van der Waals surface area contributed by atoms with Gasteiger partial charge in [0.25, 0.3) is 5.91 Å². The Morgan fingerprint density at radius 3 is 2.89 bits per heavy atom. The lowest BCUT2D eigenvalue weighted by Crippen LogP contribution is -2.10. The first kappa shape index (κ1) is 13.2. The van der Waals surface area contributed by atoms with E-state index < -0.39 is 0 Å². The largest absolute Gasteiger partial charge is 0.321 e. The zero-order chi connectivity index (χ0) is 13.4. The summed E-state index contributed by atoms with van der Waals surface area (Å²) in [5.74, 6) is -0.0576. The second-order valence-electron chi connectivity index (χ2n) is 4.50. The minimum absolute atomic E-state index is 0.0576. The van der Waals surface area contributed by atoms with Crippen LogP contribution < -0.4 is 5.32 Å². The maximum absolute atomic E-state index is 12.2. The molecule has 0 spiro atoms. The highest BCUT2D eigenvalue weighted by molar-refractivity contribution is 9.10. The van der Waals surface area contributed by atoms with Crippen molar-refractivity contribution in [3.05, 3.63) is 49.1 Å². The van der Waals surface area contributed by atoms with Gasteiger partial charge in [0.2, 0.25) is 0 Å². The lowest BCUT2D eigenvalue weighted by molar-refractivity contribution is 0.103. The SMILES string of the molecule is O=C(Nc1ccc(Br)c(Cl)c1)c1cc2c(s1)CCC2. The average molecular weight is 357 g/mol. The van der Waals surface area contributed by atoms with Crippen LogP contribution in [0.1, 0.15) is 26.5 Å². The molecule has 3 rings (SSSR count). The fourth-order valence-corrected chi connectivity index (χ4v) is 3.78. The smallest absolute Gasteiger partial charge is 0.265 e. The van der Waals surface area contributed by atoms with Gasteiger partial charge < -0.3 is 5.32 Å². The summed E-state index contributed by atoms with van der Waals surface area (Å²) >= 11 is 10.9. The standard InChI is InChI=1S/C14H11BrClNOS/c15-10-5-4-9(7-11(10)16)17-14(18)13-6-8-2-1-3-12(8)19-13/h4-7H,1-3H2,(H,17,18). The quantitative estimate of drug-likeness (QED) is 0.814. The second kappa shape index (κ2) is 5.27. The van der Waals surface area contributed by atoms with Crippen LogP contribution in [0.15, 0.2) is 28.7 Å². The molecule has 2 nitrogen and oxygen atoms in total. The number of amides is 1. The van der Waals surface area contributed by atoms with Gasteiger partial charge in [-0.2, -0.15) is 0 Å². The van der Waals surface area contributed by atoms with Gasteiger partial charge in [-0.25, -0.2) is 0 Å². The van der Waals surface area contributed by atoms with Gasteiger partial charge in [0, 0.05) is 15.0 Å². The van der Waals surface area contributed by atoms with Gasteiger partial charge in [0.05, 0.1) is 9.90 Å². The minimum atomic E-state index is -0.0576. The molecule has 0 atom stereocenters. The van der Waals surface area contributed by atoms with Crippen molar-refractivity contribution < 1.29 is 4.79 Å². The van der Waals surface area contributed by atoms with Gasteiger partial charge in [-0.05, 0) is 65.0 Å². The highest BCUT2D eigenvalue weighted by Crippen LogP contribution is 2.31. The summed E-state index contributed by atoms with van der Waals surface area (Å²) in [5.41, 5.74) is 2.05. The number of rotatable bonds is 2. The van der Waals surface area contributed by atoms with E-state index >= 15 is 0 Å². The number of halogens is 2. The van der Waals surface area contributed by atoms with Crippen molar-refractivity contribution in [3.63, 3.8) is 0 Å². The summed E-state index contributed by atoms with van der Waals surface area (Å²) in [4.78, 5) is 14.3. The molecule has 5 heteroatoms. The summed E-state index contributed by atoms with van der Waals surface area (Å²) in [6.45, 7) is 0. The predicted octanol–water partition coefficient (Wildman–Crippen LogP) is 4.91. The molecule has 2 aromatic rings. The van der Waals surface area contributed by atoms with Crippen LogP contribution in [0.4, 0.5) is 5.69 Å². The van der Waals surface area contributed by atoms with Crippen LogP contribution in [-0.4, -0.2) is 5.91 Å². The van der Waals surface area contributed by atoms with Crippen molar-refractivity contribution in [2.75, 3.05) is 5.32 Å². The first-order valence-corrected chi connectivity index (χ1v) is 8.00. The van der Waals surface area contributed by atoms with E-state index in [9.17, 15) is 4.79 Å². The van der Waals surface area contributed by atoms with E-state index in [4.69, 9.17) is 11.6 Å². The van der Waals surface area contributed by atoms with Crippen LogP contribution >= 0.6 is 38.9 Å². The lowest BCUT2D eigenvalue weighted by atomic mass is 10.2. The lowest BCUT2D eigenvalue weighted by Gasteiger charge is -2.05. The second-order valence-corrected chi connectivity index (χ2v) is 6.89. The van der Waals surface area contributed by atoms with E-state index in [1.54, 1.807) is 17.4 Å². The van der Waals surface area contributed by atoms with Gasteiger partial charge in [0.1, 0.15) is 0 Å². The third-order valence-electron chi connectivity index (χ3n) is 3.15. The van der Waals surface area contributed by atoms with E-state index in [1.807, 2.05) is 18.2 Å². The maximum atomic E-state index is 12.2. The summed E-state index contributed by atoms with van der Waals surface area (Å²) < 4.78 is 0.822. The van der Waals surface area contributed by atoms with Crippen LogP contribution in [0.2, 0.25) is 5.02 Å². The Bertz CT molecular complexity index is 631. The number of nitrogens with one attached hydrogen (secondary N) is 1. The van der Waals surface area contributed by atoms with Crippen molar-refractivity contribution in [3.8, 4) is 0 Å². The molecule has 1 heterocycles. The Kier molecular flexibility index (Phi) is 3.65. The normalized spacial score (nSPS) is 13.4. The predicted molar refractivity (Wildman–Crippen MR) is 83.4 cm³/mol. The van der Waals surface area contributed by atoms with Crippen LogP contribution in [0, 0.1) is 0 Å². The summed E-state index contributed by atoms with van der Waals surface area (Å²) in [6, 6.07) is 7.41. The van der Waals surface area contributed by atoms with Crippen molar-refractivity contribution in [2.45, 2.75) is 19.3 Å². The molecule has 98 valence electrons. The number of hydrogen-bond acceptors (Lipinski definition) is 2. The van der Waals surface area contributed by atoms with Gasteiger partial charge in [-0.15, -0.1) is 11.3 Å². The van der Waals surface area contributed by atoms with Crippen molar-refractivity contribution in [2.24, 2.45) is 0 Å². The molecular formula is C14H11BrClNOS. The highest BCUT2D eigenvalue weighted by atomic mass is 79.9. The molecule has 1 aromatic carbocycles. The van der Waals surface area contributed by atoms with E-state index in [0.717, 1.165) is 22.2 Å². The summed E-state index contributed by atoms with van der Waals surface area (Å²) in [5, 5.41) is 3.47. The van der Waals surface area contributed by atoms with Crippen molar-refractivity contribution in [1.82, 2.24) is 0 Å². The number of anilines is 1. The summed E-state index contributed by atoms with van der Waals surface area (Å²) in [6.07, 6.45) is 3.42. The number of benzene rings is 1. The summed E-state index contributed by atoms with van der Waals surface area (Å²) in [7, 11) is 0. The average Bonchev–Trinajstić information content (AvgIpc) is 2.94. The van der Waals surface area contributed by atoms with E-state index in [0.29, 0.717) is 10.7 Å². The number of hydrogen-bond donors (Lipinski definition) is 1. The van der Waals surface area contributed by atoms with Gasteiger partial charge in [-0.1, -0.05) is 11.6 Å². The number of carbonyl (C=O) groups is 1. The molecule has 1 aliphatic rings. The Hall–Kier alpha value is -0.840. The molecule has 0 bridgehead atoms. The van der Waals surface area contributed by atoms with E-state index in [-0.39, 0.29) is 5.91 Å². The van der Waals surface area contributed by atoms with Gasteiger partial charge in [-0.3, -0.25) is 4.79 Å². The highest BCUT2D eigenvalue weighted by Gasteiger charge is 2.18. The third-order valence-corrected chi connectivity index (χ3v) is 5.62. The van der Waals surface area contributed by atoms with Gasteiger partial charge >= 0.3 is 0 Å². The van der Waals surface area contributed by atoms with Crippen LogP contribution in [-0.2, 0) is 12.8 Å². The first-order chi connectivity index (χ1) is 9.13. The van der Waals surface area contributed by atoms with Crippen molar-refractivity contribution >= 4 is 50.5 Å². The molecule has 19 heavy (non-hydrogen) atoms. The molecule has 0 aliphatic heterocycles. The number of carbonyl (C=O) groups excluding carboxylic acids is 1. The van der Waals surface area contributed by atoms with Crippen LogP contribution in [0.3, 0.4) is 0 Å². The molecule has 1 aromatic heterocycles. The molecule has 0 saturated carbocycles. The molecule has 1 N–H and O–H groups in total. The topological polar surface area (TPSA) is 29.1 Å². The Morgan fingerprint density at radius 2 is 2.16 bits per heavy atom. The maximum Gasteiger partial charge on any atom is 0.265 e. The van der Waals surface area contributed by atoms with Crippen LogP contribution in [0.5, 0.6) is 0 Å². The third kappa shape index (κ3) is 2.71. The fraction of sp³-hybridized carbons (Fsp3) is 0.214. The van der Waals surface area contributed by atoms with Crippen molar-refractivity contribution in [1.29, 1.82) is 0 Å². The molecule has 0 fully saturated rings. The molecular weight excluding hydrogens is 346 g/mol. The first-order valence-electron chi connectivity index (χ1n) is 6.01. The molecule has 1 aliphatic carbocycles. The zero-order valence-corrected chi connectivity index (χ0v) is 13.2. The fourth-order valence-electron chi connectivity index (χ4n) is 2.21. The minimum Gasteiger partial charge on any atom is -0.321 e. The Labute approximate surface area is 128 Å². The monoisotopic (exact) mass is 355 g/mol. The number of fused-ring (bicyclic) bond motifs is 1.